The van der Waals surface area contributed by atoms with Crippen LogP contribution in [0.1, 0.15) is 0 Å². The lowest BCUT2D eigenvalue weighted by Gasteiger charge is -1.88. The molecular formula is C5H8N4. The molecule has 0 heterocycles. The molecule has 0 aliphatic heterocycles. The van der Waals surface area contributed by atoms with Crippen LogP contribution in [0.3, 0.4) is 0 Å². The lowest BCUT2D eigenvalue weighted by molar-refractivity contribution is 1.44. The Morgan fingerprint density at radius 2 is 2.11 bits per heavy atom. The summed E-state index contributed by atoms with van der Waals surface area (Å²) in [7, 11) is 1.53. The van der Waals surface area contributed by atoms with Crippen molar-refractivity contribution in [3.8, 4) is 0 Å². The molecule has 0 aromatic carbocycles. The summed E-state index contributed by atoms with van der Waals surface area (Å²) in [5.74, 6) is -0.152. The topological polar surface area (TPSA) is 72.4 Å². The average Bonchev–Trinajstić information content (AvgIpc) is 1.87. The first-order valence-corrected chi connectivity index (χ1v) is 2.28. The maximum Gasteiger partial charge on any atom is 0.170 e. The van der Waals surface area contributed by atoms with E-state index in [4.69, 9.17) is 10.8 Å². The Bertz CT molecular complexity index is 168. The molecular weight excluding hydrogens is 116 g/mol. The van der Waals surface area contributed by atoms with Crippen molar-refractivity contribution < 1.29 is 0 Å². The molecule has 0 bridgehead atoms. The zero-order valence-corrected chi connectivity index (χ0v) is 5.18. The fourth-order valence-corrected chi connectivity index (χ4v) is 0.275. The first-order chi connectivity index (χ1) is 4.22. The highest BCUT2D eigenvalue weighted by Gasteiger charge is 1.94. The molecule has 2 N–H and O–H groups in total. The fraction of sp³-hybridized carbons (Fsp3) is 0.200. The van der Waals surface area contributed by atoms with E-state index in [2.05, 4.69) is 16.7 Å². The lowest BCUT2D eigenvalue weighted by Crippen LogP contribution is -2.09. The summed E-state index contributed by atoms with van der Waals surface area (Å²) in [4.78, 5) is 6.75. The molecule has 0 aliphatic rings. The fourth-order valence-electron chi connectivity index (χ4n) is 0.275. The van der Waals surface area contributed by atoms with Gasteiger partial charge in [-0.1, -0.05) is 0 Å². The van der Waals surface area contributed by atoms with E-state index < -0.39 is 0 Å². The summed E-state index contributed by atoms with van der Waals surface area (Å²) in [6, 6.07) is 0. The Balaban J connectivity index is 4.04. The van der Waals surface area contributed by atoms with Crippen LogP contribution in [0.4, 0.5) is 0 Å². The molecule has 0 unspecified atom stereocenters. The predicted octanol–water partition coefficient (Wildman–Crippen LogP) is 0.385. The molecule has 0 radical (unpaired) electrons. The smallest absolute Gasteiger partial charge is 0.170 e. The summed E-state index contributed by atoms with van der Waals surface area (Å²) in [5.41, 5.74) is -0.0208. The van der Waals surface area contributed by atoms with Gasteiger partial charge in [-0.25, -0.2) is 4.99 Å². The molecule has 0 atom stereocenters. The van der Waals surface area contributed by atoms with E-state index >= 15 is 0 Å². The van der Waals surface area contributed by atoms with E-state index in [0.29, 0.717) is 0 Å². The van der Waals surface area contributed by atoms with Crippen LogP contribution >= 0.6 is 0 Å². The van der Waals surface area contributed by atoms with Gasteiger partial charge in [-0.3, -0.25) is 15.8 Å². The van der Waals surface area contributed by atoms with Gasteiger partial charge in [0.15, 0.2) is 5.84 Å². The maximum absolute atomic E-state index is 6.99. The molecule has 0 saturated carbocycles. The number of nitrogens with one attached hydrogen (secondary N) is 2. The summed E-state index contributed by atoms with van der Waals surface area (Å²) in [5, 5.41) is 13.9. The van der Waals surface area contributed by atoms with Gasteiger partial charge in [-0.2, -0.15) is 0 Å². The van der Waals surface area contributed by atoms with Gasteiger partial charge in [0, 0.05) is 13.3 Å². The summed E-state index contributed by atoms with van der Waals surface area (Å²) in [6.45, 7) is 3.09. The van der Waals surface area contributed by atoms with Crippen LogP contribution in [-0.4, -0.2) is 31.5 Å². The minimum atomic E-state index is -0.152. The number of aliphatic imine (C=N–C) groups is 2. The van der Waals surface area contributed by atoms with E-state index in [1.54, 1.807) is 0 Å². The minimum Gasteiger partial charge on any atom is -0.296 e. The second-order valence-corrected chi connectivity index (χ2v) is 1.31. The summed E-state index contributed by atoms with van der Waals surface area (Å²) in [6.07, 6.45) is 1.25. The van der Waals surface area contributed by atoms with Gasteiger partial charge in [0.1, 0.15) is 5.71 Å². The molecule has 0 aromatic heterocycles. The van der Waals surface area contributed by atoms with Crippen LogP contribution in [0.5, 0.6) is 0 Å². The third-order valence-corrected chi connectivity index (χ3v) is 0.671. The van der Waals surface area contributed by atoms with Crippen LogP contribution in [0.25, 0.3) is 0 Å². The molecule has 9 heavy (non-hydrogen) atoms. The first-order valence-electron chi connectivity index (χ1n) is 2.28. The Hall–Kier alpha value is -1.32. The summed E-state index contributed by atoms with van der Waals surface area (Å²) < 4.78 is 0. The van der Waals surface area contributed by atoms with Crippen LogP contribution < -0.4 is 0 Å². The number of hydrogen-bond acceptors (Lipinski definition) is 3. The van der Waals surface area contributed by atoms with Gasteiger partial charge >= 0.3 is 0 Å². The molecule has 0 fully saturated rings. The zero-order valence-electron chi connectivity index (χ0n) is 5.18. The highest BCUT2D eigenvalue weighted by Crippen LogP contribution is 1.74. The molecule has 0 amide bonds. The summed E-state index contributed by atoms with van der Waals surface area (Å²) >= 11 is 0. The van der Waals surface area contributed by atoms with E-state index in [0.717, 1.165) is 0 Å². The van der Waals surface area contributed by atoms with E-state index in [1.165, 1.54) is 13.3 Å². The average molecular weight is 124 g/mol. The molecule has 0 aliphatic carbocycles. The van der Waals surface area contributed by atoms with E-state index in [1.807, 2.05) is 0 Å². The van der Waals surface area contributed by atoms with Crippen molar-refractivity contribution in [3.05, 3.63) is 0 Å². The van der Waals surface area contributed by atoms with Gasteiger partial charge in [-0.15, -0.1) is 0 Å². The van der Waals surface area contributed by atoms with Crippen LogP contribution in [0, 0.1) is 10.8 Å². The Kier molecular flexibility index (Phi) is 3.12. The standard InChI is InChI=1S/C5H8N4/c1-8-3-4(6)5(7)9-2/h3,6-7H,2H2,1H3. The van der Waals surface area contributed by atoms with Crippen LogP contribution in [0.15, 0.2) is 9.98 Å². The third kappa shape index (κ3) is 2.48. The SMILES string of the molecule is C=NC(=N)C(=N)C=NC. The van der Waals surface area contributed by atoms with Crippen LogP contribution in [-0.2, 0) is 0 Å². The van der Waals surface area contributed by atoms with Crippen molar-refractivity contribution in [2.45, 2.75) is 0 Å². The zero-order chi connectivity index (χ0) is 7.28. The molecule has 48 valence electrons. The third-order valence-electron chi connectivity index (χ3n) is 0.671. The molecule has 4 nitrogen and oxygen atoms in total. The molecule has 0 spiro atoms. The normalized spacial score (nSPS) is 9.44. The molecule has 4 heteroatoms. The van der Waals surface area contributed by atoms with Gasteiger partial charge in [0.25, 0.3) is 0 Å². The highest BCUT2D eigenvalue weighted by molar-refractivity contribution is 6.60. The number of hydrogen-bond donors (Lipinski definition) is 2. The molecule has 0 saturated heterocycles. The number of rotatable bonds is 2. The van der Waals surface area contributed by atoms with Crippen molar-refractivity contribution in [1.82, 2.24) is 0 Å². The van der Waals surface area contributed by atoms with Crippen LogP contribution in [0.2, 0.25) is 0 Å². The van der Waals surface area contributed by atoms with Crippen molar-refractivity contribution in [2.75, 3.05) is 7.05 Å². The molecule has 0 aromatic rings. The predicted molar refractivity (Wildman–Crippen MR) is 39.4 cm³/mol. The van der Waals surface area contributed by atoms with E-state index in [9.17, 15) is 0 Å². The monoisotopic (exact) mass is 124 g/mol. The van der Waals surface area contributed by atoms with Gasteiger partial charge in [0.05, 0.1) is 0 Å². The minimum absolute atomic E-state index is 0.0208. The van der Waals surface area contributed by atoms with Crippen molar-refractivity contribution in [2.24, 2.45) is 9.98 Å². The Morgan fingerprint density at radius 1 is 1.56 bits per heavy atom. The largest absolute Gasteiger partial charge is 0.296 e. The highest BCUT2D eigenvalue weighted by atomic mass is 14.8. The maximum atomic E-state index is 6.99. The second kappa shape index (κ2) is 3.65. The number of amidine groups is 1. The lowest BCUT2D eigenvalue weighted by atomic mass is 10.4. The Morgan fingerprint density at radius 3 is 2.44 bits per heavy atom. The van der Waals surface area contributed by atoms with Gasteiger partial charge in [0.2, 0.25) is 0 Å². The van der Waals surface area contributed by atoms with Crippen molar-refractivity contribution >= 4 is 24.5 Å². The number of nitrogens with zero attached hydrogens (tertiary/aromatic N) is 2. The van der Waals surface area contributed by atoms with E-state index in [-0.39, 0.29) is 11.5 Å². The Labute approximate surface area is 53.4 Å². The van der Waals surface area contributed by atoms with Crippen molar-refractivity contribution in [1.29, 1.82) is 10.8 Å². The van der Waals surface area contributed by atoms with Crippen molar-refractivity contribution in [3.63, 3.8) is 0 Å². The van der Waals surface area contributed by atoms with Gasteiger partial charge < -0.3 is 0 Å². The molecule has 0 rings (SSSR count). The second-order valence-electron chi connectivity index (χ2n) is 1.31. The quantitative estimate of drug-likeness (QED) is 0.394. The van der Waals surface area contributed by atoms with Gasteiger partial charge in [-0.05, 0) is 6.72 Å². The first kappa shape index (κ1) is 7.68.